The van der Waals surface area contributed by atoms with Crippen molar-refractivity contribution in [2.24, 2.45) is 0 Å². The molecule has 1 aliphatic rings. The summed E-state index contributed by atoms with van der Waals surface area (Å²) in [7, 11) is 0. The van der Waals surface area contributed by atoms with Crippen LogP contribution in [0.3, 0.4) is 0 Å². The quantitative estimate of drug-likeness (QED) is 0.741. The van der Waals surface area contributed by atoms with Crippen LogP contribution in [0.4, 0.5) is 0 Å². The maximum absolute atomic E-state index is 12.2. The van der Waals surface area contributed by atoms with E-state index in [1.54, 1.807) is 10.6 Å². The van der Waals surface area contributed by atoms with Gasteiger partial charge in [-0.25, -0.2) is 4.79 Å². The van der Waals surface area contributed by atoms with Gasteiger partial charge in [0, 0.05) is 15.9 Å². The summed E-state index contributed by atoms with van der Waals surface area (Å²) >= 11 is 6.06. The fraction of sp³-hybridized carbons (Fsp3) is 0.308. The Morgan fingerprint density at radius 2 is 2.16 bits per heavy atom. The highest BCUT2D eigenvalue weighted by atomic mass is 35.5. The summed E-state index contributed by atoms with van der Waals surface area (Å²) in [4.78, 5) is 14.9. The third-order valence-corrected chi connectivity index (χ3v) is 4.10. The zero-order valence-electron chi connectivity index (χ0n) is 10.3. The van der Waals surface area contributed by atoms with Gasteiger partial charge in [0.15, 0.2) is 5.65 Å². The van der Waals surface area contributed by atoms with Crippen molar-refractivity contribution in [1.29, 1.82) is 0 Å². The number of imidazole rings is 1. The van der Waals surface area contributed by atoms with Crippen molar-refractivity contribution in [3.05, 3.63) is 33.7 Å². The Balaban J connectivity index is 2.25. The van der Waals surface area contributed by atoms with E-state index in [0.29, 0.717) is 10.7 Å². The zero-order chi connectivity index (χ0) is 13.2. The molecule has 0 aliphatic heterocycles. The molecular formula is C13H11ClN4O. The van der Waals surface area contributed by atoms with E-state index in [2.05, 4.69) is 22.1 Å². The van der Waals surface area contributed by atoms with Crippen LogP contribution < -0.4 is 5.69 Å². The molecule has 1 N–H and O–H groups in total. The fourth-order valence-electron chi connectivity index (χ4n) is 2.55. The van der Waals surface area contributed by atoms with Crippen molar-refractivity contribution in [1.82, 2.24) is 19.7 Å². The summed E-state index contributed by atoms with van der Waals surface area (Å²) in [5, 5.41) is 9.70. The third kappa shape index (κ3) is 1.45. The van der Waals surface area contributed by atoms with E-state index in [0.717, 1.165) is 29.3 Å². The highest BCUT2D eigenvalue weighted by Crippen LogP contribution is 2.44. The van der Waals surface area contributed by atoms with Crippen molar-refractivity contribution in [3.8, 4) is 0 Å². The van der Waals surface area contributed by atoms with E-state index in [1.165, 1.54) is 0 Å². The van der Waals surface area contributed by atoms with E-state index in [4.69, 9.17) is 11.6 Å². The molecule has 5 nitrogen and oxygen atoms in total. The van der Waals surface area contributed by atoms with Gasteiger partial charge < -0.3 is 0 Å². The number of hydrogen-bond donors (Lipinski definition) is 1. The second kappa shape index (κ2) is 3.36. The maximum Gasteiger partial charge on any atom is 0.328 e. The van der Waals surface area contributed by atoms with Crippen LogP contribution in [0, 0.1) is 0 Å². The van der Waals surface area contributed by atoms with Crippen molar-refractivity contribution in [3.63, 3.8) is 0 Å². The second-order valence-electron chi connectivity index (χ2n) is 5.32. The highest BCUT2D eigenvalue weighted by Gasteiger charge is 2.42. The summed E-state index contributed by atoms with van der Waals surface area (Å²) in [6, 6.07) is 5.43. The topological polar surface area (TPSA) is 63.6 Å². The van der Waals surface area contributed by atoms with E-state index in [1.807, 2.05) is 12.1 Å². The normalized spacial score (nSPS) is 17.2. The van der Waals surface area contributed by atoms with E-state index in [9.17, 15) is 4.79 Å². The van der Waals surface area contributed by atoms with Crippen LogP contribution in [-0.4, -0.2) is 19.7 Å². The number of aromatic amines is 1. The minimum absolute atomic E-state index is 0.104. The number of nitrogens with zero attached hydrogens (tertiary/aromatic N) is 3. The number of nitrogens with one attached hydrogen (secondary N) is 1. The molecule has 0 saturated heterocycles. The molecule has 0 atom stereocenters. The first-order chi connectivity index (χ1) is 9.08. The average Bonchev–Trinajstić information content (AvgIpc) is 3.00. The molecule has 96 valence electrons. The van der Waals surface area contributed by atoms with Crippen LogP contribution in [0.1, 0.15) is 19.8 Å². The Hall–Kier alpha value is -1.88. The fourth-order valence-corrected chi connectivity index (χ4v) is 2.72. The molecule has 6 heteroatoms. The van der Waals surface area contributed by atoms with E-state index in [-0.39, 0.29) is 11.2 Å². The molecule has 0 bridgehead atoms. The highest BCUT2D eigenvalue weighted by molar-refractivity contribution is 6.31. The van der Waals surface area contributed by atoms with E-state index < -0.39 is 0 Å². The molecular weight excluding hydrogens is 264 g/mol. The molecule has 2 heterocycles. The summed E-state index contributed by atoms with van der Waals surface area (Å²) in [6.07, 6.45) is 2.01. The first-order valence-electron chi connectivity index (χ1n) is 6.16. The molecule has 1 aromatic carbocycles. The molecule has 0 unspecified atom stereocenters. The summed E-state index contributed by atoms with van der Waals surface area (Å²) < 4.78 is 1.80. The number of benzene rings is 1. The van der Waals surface area contributed by atoms with Gasteiger partial charge in [0.05, 0.1) is 5.52 Å². The van der Waals surface area contributed by atoms with Gasteiger partial charge in [0.1, 0.15) is 5.52 Å². The molecule has 0 spiro atoms. The van der Waals surface area contributed by atoms with Gasteiger partial charge in [-0.2, -0.15) is 0 Å². The lowest BCUT2D eigenvalue weighted by Gasteiger charge is -2.11. The van der Waals surface area contributed by atoms with Crippen LogP contribution in [0.25, 0.3) is 22.1 Å². The number of fused-ring (bicyclic) bond motifs is 3. The van der Waals surface area contributed by atoms with Crippen molar-refractivity contribution >= 4 is 33.7 Å². The molecule has 3 aromatic rings. The van der Waals surface area contributed by atoms with Crippen LogP contribution in [-0.2, 0) is 5.54 Å². The monoisotopic (exact) mass is 274 g/mol. The Morgan fingerprint density at radius 1 is 1.37 bits per heavy atom. The van der Waals surface area contributed by atoms with Gasteiger partial charge >= 0.3 is 5.69 Å². The summed E-state index contributed by atoms with van der Waals surface area (Å²) in [5.74, 6) is 0. The van der Waals surface area contributed by atoms with Crippen LogP contribution in [0.15, 0.2) is 23.0 Å². The largest absolute Gasteiger partial charge is 0.328 e. The smallest absolute Gasteiger partial charge is 0.289 e. The minimum Gasteiger partial charge on any atom is -0.289 e. The van der Waals surface area contributed by atoms with Crippen molar-refractivity contribution in [2.75, 3.05) is 0 Å². The molecule has 1 fully saturated rings. The molecule has 19 heavy (non-hydrogen) atoms. The Bertz CT molecular complexity index is 875. The maximum atomic E-state index is 12.2. The minimum atomic E-state index is -0.128. The Kier molecular flexibility index (Phi) is 1.94. The Labute approximate surface area is 113 Å². The molecule has 2 aromatic heterocycles. The lowest BCUT2D eigenvalue weighted by molar-refractivity contribution is 0.532. The molecule has 0 radical (unpaired) electrons. The van der Waals surface area contributed by atoms with Crippen LogP contribution in [0.5, 0.6) is 0 Å². The lowest BCUT2D eigenvalue weighted by Crippen LogP contribution is -2.25. The van der Waals surface area contributed by atoms with Gasteiger partial charge in [0.25, 0.3) is 0 Å². The lowest BCUT2D eigenvalue weighted by atomic mass is 10.2. The van der Waals surface area contributed by atoms with Crippen LogP contribution >= 0.6 is 11.6 Å². The zero-order valence-corrected chi connectivity index (χ0v) is 11.0. The number of H-pyrrole nitrogens is 1. The van der Waals surface area contributed by atoms with Crippen molar-refractivity contribution in [2.45, 2.75) is 25.3 Å². The number of aromatic nitrogens is 4. The standard InChI is InChI=1S/C13H11ClN4O/c1-13(4-5-13)18-10-8-6-7(14)2-3-9(8)16-17-11(10)15-12(18)19/h2-3,6H,4-5H2,1H3,(H,15,17,19). The SMILES string of the molecule is CC1(n2c(=O)[nH]c3nnc4ccc(Cl)cc4c32)CC1. The number of hydrogen-bond acceptors (Lipinski definition) is 3. The number of halogens is 1. The van der Waals surface area contributed by atoms with E-state index >= 15 is 0 Å². The molecule has 0 amide bonds. The van der Waals surface area contributed by atoms with Gasteiger partial charge in [-0.3, -0.25) is 9.55 Å². The van der Waals surface area contributed by atoms with Gasteiger partial charge in [0.2, 0.25) is 0 Å². The van der Waals surface area contributed by atoms with Crippen LogP contribution in [0.2, 0.25) is 5.02 Å². The predicted molar refractivity (Wildman–Crippen MR) is 73.5 cm³/mol. The van der Waals surface area contributed by atoms with Crippen molar-refractivity contribution < 1.29 is 0 Å². The molecule has 1 saturated carbocycles. The predicted octanol–water partition coefficient (Wildman–Crippen LogP) is 2.44. The first-order valence-corrected chi connectivity index (χ1v) is 6.53. The third-order valence-electron chi connectivity index (χ3n) is 3.86. The average molecular weight is 275 g/mol. The summed E-state index contributed by atoms with van der Waals surface area (Å²) in [6.45, 7) is 2.08. The van der Waals surface area contributed by atoms with Gasteiger partial charge in [-0.05, 0) is 38.0 Å². The van der Waals surface area contributed by atoms with Gasteiger partial charge in [-0.15, -0.1) is 10.2 Å². The first kappa shape index (κ1) is 11.0. The molecule has 4 rings (SSSR count). The number of rotatable bonds is 1. The molecule has 1 aliphatic carbocycles. The second-order valence-corrected chi connectivity index (χ2v) is 5.76. The summed E-state index contributed by atoms with van der Waals surface area (Å²) in [5.41, 5.74) is 1.84. The Morgan fingerprint density at radius 3 is 2.89 bits per heavy atom. The van der Waals surface area contributed by atoms with Gasteiger partial charge in [-0.1, -0.05) is 11.6 Å².